The van der Waals surface area contributed by atoms with E-state index < -0.39 is 0 Å². The van der Waals surface area contributed by atoms with Crippen molar-refractivity contribution in [2.45, 2.75) is 25.7 Å². The van der Waals surface area contributed by atoms with E-state index in [-0.39, 0.29) is 24.3 Å². The predicted octanol–water partition coefficient (Wildman–Crippen LogP) is 1.70. The summed E-state index contributed by atoms with van der Waals surface area (Å²) in [5.41, 5.74) is 3.17. The molecule has 20 heavy (non-hydrogen) atoms. The summed E-state index contributed by atoms with van der Waals surface area (Å²) in [4.78, 5) is 0. The molecule has 0 radical (unpaired) electrons. The SMILES string of the molecule is [Li+].[OH-].c1ccc2c(c1)ccc1c3c(ccc12)CCCC3. The molecule has 0 bridgehead atoms. The first kappa shape index (κ1) is 15.1. The Morgan fingerprint density at radius 3 is 2.30 bits per heavy atom. The molecule has 1 N–H and O–H groups in total. The maximum atomic E-state index is 2.35. The van der Waals surface area contributed by atoms with Gasteiger partial charge in [-0.3, -0.25) is 0 Å². The summed E-state index contributed by atoms with van der Waals surface area (Å²) < 4.78 is 0. The second-order valence-electron chi connectivity index (χ2n) is 5.29. The Bertz CT molecular complexity index is 749. The summed E-state index contributed by atoms with van der Waals surface area (Å²) >= 11 is 0. The van der Waals surface area contributed by atoms with Gasteiger partial charge in [0.25, 0.3) is 0 Å². The molecule has 0 aliphatic heterocycles. The Hall–Kier alpha value is -1.26. The van der Waals surface area contributed by atoms with Crippen LogP contribution in [0.1, 0.15) is 24.0 Å². The van der Waals surface area contributed by atoms with E-state index in [9.17, 15) is 0 Å². The third-order valence-corrected chi connectivity index (χ3v) is 4.26. The minimum Gasteiger partial charge on any atom is -0.870 e. The Balaban J connectivity index is 0.000000735. The summed E-state index contributed by atoms with van der Waals surface area (Å²) in [7, 11) is 0. The number of rotatable bonds is 0. The van der Waals surface area contributed by atoms with Crippen molar-refractivity contribution in [2.24, 2.45) is 0 Å². The van der Waals surface area contributed by atoms with Gasteiger partial charge in [-0.1, -0.05) is 48.5 Å². The molecule has 1 nitrogen and oxygen atoms in total. The molecule has 3 aromatic carbocycles. The molecule has 0 aromatic heterocycles. The van der Waals surface area contributed by atoms with Crippen molar-refractivity contribution in [3.63, 3.8) is 0 Å². The summed E-state index contributed by atoms with van der Waals surface area (Å²) in [5.74, 6) is 0. The zero-order chi connectivity index (χ0) is 11.9. The molecule has 0 atom stereocenters. The van der Waals surface area contributed by atoms with Crippen LogP contribution in [0.15, 0.2) is 48.5 Å². The van der Waals surface area contributed by atoms with Crippen molar-refractivity contribution in [1.29, 1.82) is 0 Å². The van der Waals surface area contributed by atoms with Crippen LogP contribution < -0.4 is 18.9 Å². The van der Waals surface area contributed by atoms with Crippen LogP contribution in [0, 0.1) is 0 Å². The topological polar surface area (TPSA) is 30.0 Å². The largest absolute Gasteiger partial charge is 1.00 e. The Morgan fingerprint density at radius 1 is 0.650 bits per heavy atom. The van der Waals surface area contributed by atoms with Gasteiger partial charge in [0.15, 0.2) is 0 Å². The molecule has 0 saturated heterocycles. The molecule has 4 rings (SSSR count). The fourth-order valence-corrected chi connectivity index (χ4v) is 3.34. The van der Waals surface area contributed by atoms with Crippen molar-refractivity contribution in [3.8, 4) is 0 Å². The third kappa shape index (κ3) is 2.27. The van der Waals surface area contributed by atoms with Crippen LogP contribution in [0.4, 0.5) is 0 Å². The zero-order valence-electron chi connectivity index (χ0n) is 11.9. The average molecular weight is 256 g/mol. The van der Waals surface area contributed by atoms with Crippen LogP contribution in [0.5, 0.6) is 0 Å². The van der Waals surface area contributed by atoms with E-state index >= 15 is 0 Å². The van der Waals surface area contributed by atoms with Gasteiger partial charge in [-0.2, -0.15) is 0 Å². The van der Waals surface area contributed by atoms with Crippen LogP contribution in [0.2, 0.25) is 0 Å². The maximum Gasteiger partial charge on any atom is 1.00 e. The van der Waals surface area contributed by atoms with Crippen molar-refractivity contribution < 1.29 is 24.3 Å². The summed E-state index contributed by atoms with van der Waals surface area (Å²) in [6.07, 6.45) is 5.22. The van der Waals surface area contributed by atoms with Gasteiger partial charge in [0.05, 0.1) is 0 Å². The zero-order valence-corrected chi connectivity index (χ0v) is 11.9. The minimum absolute atomic E-state index is 0. The molecule has 0 spiro atoms. The van der Waals surface area contributed by atoms with Gasteiger partial charge in [-0.05, 0) is 58.4 Å². The summed E-state index contributed by atoms with van der Waals surface area (Å²) in [5, 5.41) is 5.64. The monoisotopic (exact) mass is 256 g/mol. The number of hydrogen-bond acceptors (Lipinski definition) is 1. The molecule has 0 fully saturated rings. The first-order valence-corrected chi connectivity index (χ1v) is 6.86. The van der Waals surface area contributed by atoms with E-state index in [1.807, 2.05) is 0 Å². The maximum absolute atomic E-state index is 2.35. The van der Waals surface area contributed by atoms with Gasteiger partial charge in [0, 0.05) is 0 Å². The Morgan fingerprint density at radius 2 is 1.40 bits per heavy atom. The number of aryl methyl sites for hydroxylation is 2. The van der Waals surface area contributed by atoms with E-state index in [4.69, 9.17) is 0 Å². The van der Waals surface area contributed by atoms with Gasteiger partial charge in [-0.25, -0.2) is 0 Å². The average Bonchev–Trinajstić information content (AvgIpc) is 2.46. The first-order chi connectivity index (χ1) is 8.93. The second-order valence-corrected chi connectivity index (χ2v) is 5.29. The summed E-state index contributed by atoms with van der Waals surface area (Å²) in [6, 6.07) is 18.0. The van der Waals surface area contributed by atoms with Crippen molar-refractivity contribution in [1.82, 2.24) is 0 Å². The molecular formula is C18H17LiO. The number of hydrogen-bond donors (Lipinski definition) is 0. The number of fused-ring (bicyclic) bond motifs is 5. The van der Waals surface area contributed by atoms with Gasteiger partial charge < -0.3 is 5.48 Å². The van der Waals surface area contributed by atoms with E-state index in [1.54, 1.807) is 11.1 Å². The van der Waals surface area contributed by atoms with Gasteiger partial charge in [-0.15, -0.1) is 0 Å². The molecule has 0 heterocycles. The standard InChI is InChI=1S/C18H16.Li.H2O/c1-3-7-15-13(5-1)9-11-18-16-8-4-2-6-14(16)10-12-17(15)18;;/h1,3,5,7,9-12H,2,4,6,8H2;;1H2/q;+1;/p-1. The quantitative estimate of drug-likeness (QED) is 0.445. The van der Waals surface area contributed by atoms with E-state index in [2.05, 4.69) is 48.5 Å². The minimum atomic E-state index is 0. The molecular weight excluding hydrogens is 239 g/mol. The van der Waals surface area contributed by atoms with E-state index in [1.165, 1.54) is 47.2 Å². The fraction of sp³-hybridized carbons (Fsp3) is 0.222. The van der Waals surface area contributed by atoms with Crippen molar-refractivity contribution in [2.75, 3.05) is 0 Å². The molecule has 1 aliphatic carbocycles. The molecule has 0 unspecified atom stereocenters. The van der Waals surface area contributed by atoms with Crippen LogP contribution >= 0.6 is 0 Å². The van der Waals surface area contributed by atoms with Gasteiger partial charge in [0.2, 0.25) is 0 Å². The third-order valence-electron chi connectivity index (χ3n) is 4.26. The van der Waals surface area contributed by atoms with Crippen LogP contribution in [0.25, 0.3) is 21.5 Å². The summed E-state index contributed by atoms with van der Waals surface area (Å²) in [6.45, 7) is 0. The second kappa shape index (κ2) is 6.02. The van der Waals surface area contributed by atoms with Crippen LogP contribution in [-0.4, -0.2) is 5.48 Å². The Labute approximate surface area is 131 Å². The van der Waals surface area contributed by atoms with Crippen molar-refractivity contribution >= 4 is 21.5 Å². The normalized spacial score (nSPS) is 13.4. The van der Waals surface area contributed by atoms with Crippen molar-refractivity contribution in [3.05, 3.63) is 59.7 Å². The van der Waals surface area contributed by atoms with Gasteiger partial charge >= 0.3 is 18.9 Å². The van der Waals surface area contributed by atoms with E-state index in [0.717, 1.165) is 0 Å². The molecule has 0 saturated carbocycles. The smallest absolute Gasteiger partial charge is 0.870 e. The molecule has 2 heteroatoms. The number of benzene rings is 3. The van der Waals surface area contributed by atoms with Crippen LogP contribution in [-0.2, 0) is 12.8 Å². The predicted molar refractivity (Wildman–Crippen MR) is 80.0 cm³/mol. The first-order valence-electron chi connectivity index (χ1n) is 6.86. The van der Waals surface area contributed by atoms with Gasteiger partial charge in [0.1, 0.15) is 0 Å². The molecule has 0 amide bonds. The Kier molecular flexibility index (Phi) is 4.55. The molecule has 1 aliphatic rings. The molecule has 96 valence electrons. The van der Waals surface area contributed by atoms with Crippen LogP contribution in [0.3, 0.4) is 0 Å². The fourth-order valence-electron chi connectivity index (χ4n) is 3.34. The van der Waals surface area contributed by atoms with E-state index in [0.29, 0.717) is 0 Å². The molecule has 3 aromatic rings.